The summed E-state index contributed by atoms with van der Waals surface area (Å²) in [6, 6.07) is 5.03. The number of carbonyl (C=O) groups excluding carboxylic acids is 2. The topological polar surface area (TPSA) is 61.4 Å². The standard InChI is InChI=1S/C12H15N3O2/c1-8-3-4-10(9(2)7-8)14-12(17)15-6-5-13-11(15)16/h3-4,7H,5-6H2,1-2H3,(H,13,16)(H,14,17). The Labute approximate surface area is 99.8 Å². The summed E-state index contributed by atoms with van der Waals surface area (Å²) in [5.41, 5.74) is 2.86. The molecule has 0 aliphatic carbocycles. The van der Waals surface area contributed by atoms with Gasteiger partial charge in [-0.3, -0.25) is 0 Å². The Balaban J connectivity index is 2.10. The van der Waals surface area contributed by atoms with Gasteiger partial charge in [0.05, 0.1) is 0 Å². The Kier molecular flexibility index (Phi) is 2.99. The van der Waals surface area contributed by atoms with Gasteiger partial charge in [-0.15, -0.1) is 0 Å². The van der Waals surface area contributed by atoms with Crippen molar-refractivity contribution in [3.05, 3.63) is 29.3 Å². The molecule has 0 saturated carbocycles. The zero-order valence-corrected chi connectivity index (χ0v) is 9.91. The third-order valence-corrected chi connectivity index (χ3v) is 2.73. The molecule has 2 rings (SSSR count). The average molecular weight is 233 g/mol. The van der Waals surface area contributed by atoms with Crippen molar-refractivity contribution in [2.24, 2.45) is 0 Å². The van der Waals surface area contributed by atoms with Gasteiger partial charge in [0.2, 0.25) is 0 Å². The molecule has 0 aromatic heterocycles. The van der Waals surface area contributed by atoms with Crippen LogP contribution in [0.3, 0.4) is 0 Å². The number of imide groups is 1. The highest BCUT2D eigenvalue weighted by Gasteiger charge is 2.26. The van der Waals surface area contributed by atoms with Crippen molar-refractivity contribution < 1.29 is 9.59 Å². The van der Waals surface area contributed by atoms with E-state index in [0.717, 1.165) is 16.8 Å². The van der Waals surface area contributed by atoms with Gasteiger partial charge in [0.15, 0.2) is 0 Å². The Morgan fingerprint density at radius 1 is 1.41 bits per heavy atom. The SMILES string of the molecule is Cc1ccc(NC(=O)N2CCNC2=O)c(C)c1. The predicted octanol–water partition coefficient (Wildman–Crippen LogP) is 1.86. The highest BCUT2D eigenvalue weighted by Crippen LogP contribution is 2.16. The van der Waals surface area contributed by atoms with E-state index in [1.54, 1.807) is 0 Å². The Bertz CT molecular complexity index is 471. The van der Waals surface area contributed by atoms with Crippen LogP contribution in [-0.4, -0.2) is 30.1 Å². The lowest BCUT2D eigenvalue weighted by atomic mass is 10.1. The number of nitrogens with one attached hydrogen (secondary N) is 2. The molecule has 0 unspecified atom stereocenters. The molecule has 1 aromatic carbocycles. The number of hydrogen-bond acceptors (Lipinski definition) is 2. The van der Waals surface area contributed by atoms with Crippen molar-refractivity contribution in [3.63, 3.8) is 0 Å². The fraction of sp³-hybridized carbons (Fsp3) is 0.333. The van der Waals surface area contributed by atoms with Gasteiger partial charge in [-0.05, 0) is 25.5 Å². The van der Waals surface area contributed by atoms with Gasteiger partial charge < -0.3 is 10.6 Å². The van der Waals surface area contributed by atoms with Crippen molar-refractivity contribution in [2.75, 3.05) is 18.4 Å². The van der Waals surface area contributed by atoms with E-state index in [0.29, 0.717) is 13.1 Å². The molecule has 5 nitrogen and oxygen atoms in total. The lowest BCUT2D eigenvalue weighted by Crippen LogP contribution is -2.37. The first-order chi connectivity index (χ1) is 8.08. The van der Waals surface area contributed by atoms with E-state index >= 15 is 0 Å². The van der Waals surface area contributed by atoms with E-state index in [-0.39, 0.29) is 12.1 Å². The van der Waals surface area contributed by atoms with Crippen LogP contribution in [0.2, 0.25) is 0 Å². The van der Waals surface area contributed by atoms with E-state index in [1.165, 1.54) is 4.90 Å². The number of aryl methyl sites for hydroxylation is 2. The van der Waals surface area contributed by atoms with Crippen LogP contribution in [0.25, 0.3) is 0 Å². The molecule has 2 N–H and O–H groups in total. The van der Waals surface area contributed by atoms with Crippen LogP contribution in [0.15, 0.2) is 18.2 Å². The fourth-order valence-electron chi connectivity index (χ4n) is 1.80. The predicted molar refractivity (Wildman–Crippen MR) is 65.0 cm³/mol. The summed E-state index contributed by atoms with van der Waals surface area (Å²) in [6.07, 6.45) is 0. The lowest BCUT2D eigenvalue weighted by molar-refractivity contribution is 0.207. The van der Waals surface area contributed by atoms with Gasteiger partial charge in [0.25, 0.3) is 0 Å². The number of carbonyl (C=O) groups is 2. The van der Waals surface area contributed by atoms with E-state index in [9.17, 15) is 9.59 Å². The summed E-state index contributed by atoms with van der Waals surface area (Å²) in [6.45, 7) is 4.84. The number of anilines is 1. The molecule has 1 aromatic rings. The third kappa shape index (κ3) is 2.38. The van der Waals surface area contributed by atoms with E-state index in [2.05, 4.69) is 10.6 Å². The van der Waals surface area contributed by atoms with Gasteiger partial charge in [-0.1, -0.05) is 17.7 Å². The van der Waals surface area contributed by atoms with Crippen LogP contribution < -0.4 is 10.6 Å². The molecule has 0 bridgehead atoms. The van der Waals surface area contributed by atoms with Gasteiger partial charge in [0.1, 0.15) is 0 Å². The van der Waals surface area contributed by atoms with Gasteiger partial charge in [-0.25, -0.2) is 14.5 Å². The van der Waals surface area contributed by atoms with Crippen LogP contribution in [0.4, 0.5) is 15.3 Å². The number of benzene rings is 1. The number of amides is 4. The molecule has 4 amide bonds. The summed E-state index contributed by atoms with van der Waals surface area (Å²) in [5.74, 6) is 0. The molecule has 1 aliphatic rings. The first-order valence-corrected chi connectivity index (χ1v) is 5.51. The maximum atomic E-state index is 11.8. The highest BCUT2D eigenvalue weighted by atomic mass is 16.2. The summed E-state index contributed by atoms with van der Waals surface area (Å²) in [4.78, 5) is 24.3. The van der Waals surface area contributed by atoms with Crippen molar-refractivity contribution >= 4 is 17.7 Å². The van der Waals surface area contributed by atoms with Crippen molar-refractivity contribution in [2.45, 2.75) is 13.8 Å². The van der Waals surface area contributed by atoms with Crippen molar-refractivity contribution in [3.8, 4) is 0 Å². The number of urea groups is 2. The number of hydrogen-bond donors (Lipinski definition) is 2. The molecular weight excluding hydrogens is 218 g/mol. The second kappa shape index (κ2) is 4.45. The van der Waals surface area contributed by atoms with Crippen LogP contribution in [-0.2, 0) is 0 Å². The van der Waals surface area contributed by atoms with Crippen LogP contribution in [0.1, 0.15) is 11.1 Å². The zero-order valence-electron chi connectivity index (χ0n) is 9.91. The minimum atomic E-state index is -0.382. The molecule has 0 radical (unpaired) electrons. The Morgan fingerprint density at radius 3 is 2.76 bits per heavy atom. The smallest absolute Gasteiger partial charge is 0.330 e. The molecule has 1 aliphatic heterocycles. The van der Waals surface area contributed by atoms with Crippen LogP contribution in [0, 0.1) is 13.8 Å². The minimum Gasteiger partial charge on any atom is -0.336 e. The molecule has 1 fully saturated rings. The molecular formula is C12H15N3O2. The van der Waals surface area contributed by atoms with E-state index in [1.807, 2.05) is 32.0 Å². The summed E-state index contributed by atoms with van der Waals surface area (Å²) in [7, 11) is 0. The highest BCUT2D eigenvalue weighted by molar-refractivity contribution is 6.01. The molecule has 1 heterocycles. The zero-order chi connectivity index (χ0) is 12.4. The molecule has 90 valence electrons. The monoisotopic (exact) mass is 233 g/mol. The van der Waals surface area contributed by atoms with Crippen LogP contribution in [0.5, 0.6) is 0 Å². The molecule has 1 saturated heterocycles. The normalized spacial score (nSPS) is 14.7. The molecule has 0 atom stereocenters. The molecule has 17 heavy (non-hydrogen) atoms. The number of rotatable bonds is 1. The molecule has 5 heteroatoms. The van der Waals surface area contributed by atoms with E-state index in [4.69, 9.17) is 0 Å². The first kappa shape index (κ1) is 11.4. The number of nitrogens with zero attached hydrogens (tertiary/aromatic N) is 1. The second-order valence-corrected chi connectivity index (χ2v) is 4.13. The lowest BCUT2D eigenvalue weighted by Gasteiger charge is -2.15. The third-order valence-electron chi connectivity index (χ3n) is 2.73. The van der Waals surface area contributed by atoms with Gasteiger partial charge >= 0.3 is 12.1 Å². The summed E-state index contributed by atoms with van der Waals surface area (Å²) >= 11 is 0. The van der Waals surface area contributed by atoms with E-state index < -0.39 is 0 Å². The Hall–Kier alpha value is -2.04. The fourth-order valence-corrected chi connectivity index (χ4v) is 1.80. The first-order valence-electron chi connectivity index (χ1n) is 5.51. The summed E-state index contributed by atoms with van der Waals surface area (Å²) < 4.78 is 0. The van der Waals surface area contributed by atoms with Crippen LogP contribution >= 0.6 is 0 Å². The average Bonchev–Trinajstić information content (AvgIpc) is 2.68. The quantitative estimate of drug-likeness (QED) is 0.777. The maximum Gasteiger partial charge on any atom is 0.330 e. The largest absolute Gasteiger partial charge is 0.336 e. The minimum absolute atomic E-state index is 0.340. The van der Waals surface area contributed by atoms with Gasteiger partial charge in [-0.2, -0.15) is 0 Å². The maximum absolute atomic E-state index is 11.8. The van der Waals surface area contributed by atoms with Gasteiger partial charge in [0, 0.05) is 18.8 Å². The summed E-state index contributed by atoms with van der Waals surface area (Å²) in [5, 5.41) is 5.32. The van der Waals surface area contributed by atoms with Crippen molar-refractivity contribution in [1.29, 1.82) is 0 Å². The molecule has 0 spiro atoms. The van der Waals surface area contributed by atoms with Crippen molar-refractivity contribution in [1.82, 2.24) is 10.2 Å². The second-order valence-electron chi connectivity index (χ2n) is 4.13. The Morgan fingerprint density at radius 2 is 2.18 bits per heavy atom.